The summed E-state index contributed by atoms with van der Waals surface area (Å²) >= 11 is 0. The Balaban J connectivity index is 2.32. The summed E-state index contributed by atoms with van der Waals surface area (Å²) in [5.41, 5.74) is 2.06. The standard InChI is InChI=1S/C16H18O2/c1-12(13-8-4-2-5-9-13)15(16(17)18)14-10-6-3-7-11-14/h2-12,15-18H,1H3. The van der Waals surface area contributed by atoms with Crippen LogP contribution in [-0.2, 0) is 0 Å². The maximum atomic E-state index is 9.65. The van der Waals surface area contributed by atoms with Crippen LogP contribution in [0.4, 0.5) is 0 Å². The van der Waals surface area contributed by atoms with E-state index in [1.807, 2.05) is 67.6 Å². The number of aliphatic hydroxyl groups excluding tert-OH is 1. The molecular formula is C16H18O2. The van der Waals surface area contributed by atoms with E-state index in [9.17, 15) is 10.2 Å². The van der Waals surface area contributed by atoms with Crippen LogP contribution in [0.1, 0.15) is 29.9 Å². The molecule has 2 heteroatoms. The Bertz CT molecular complexity index is 465. The molecule has 0 radical (unpaired) electrons. The van der Waals surface area contributed by atoms with Gasteiger partial charge in [-0.1, -0.05) is 67.6 Å². The Morgan fingerprint density at radius 1 is 0.722 bits per heavy atom. The topological polar surface area (TPSA) is 40.5 Å². The summed E-state index contributed by atoms with van der Waals surface area (Å²) in [5.74, 6) is -0.262. The van der Waals surface area contributed by atoms with Crippen LogP contribution >= 0.6 is 0 Å². The lowest BCUT2D eigenvalue weighted by atomic mass is 9.82. The molecule has 94 valence electrons. The van der Waals surface area contributed by atoms with E-state index in [4.69, 9.17) is 0 Å². The van der Waals surface area contributed by atoms with E-state index >= 15 is 0 Å². The van der Waals surface area contributed by atoms with Crippen molar-refractivity contribution in [3.8, 4) is 0 Å². The van der Waals surface area contributed by atoms with E-state index in [0.717, 1.165) is 11.1 Å². The van der Waals surface area contributed by atoms with Crippen molar-refractivity contribution >= 4 is 0 Å². The molecule has 2 N–H and O–H groups in total. The Labute approximate surface area is 108 Å². The number of hydrogen-bond donors (Lipinski definition) is 2. The number of aliphatic hydroxyl groups is 2. The molecule has 0 fully saturated rings. The SMILES string of the molecule is CC(c1ccccc1)C(c1ccccc1)C(O)O. The molecule has 2 rings (SSSR count). The van der Waals surface area contributed by atoms with Crippen molar-refractivity contribution in [3.63, 3.8) is 0 Å². The van der Waals surface area contributed by atoms with Crippen LogP contribution in [-0.4, -0.2) is 16.5 Å². The maximum Gasteiger partial charge on any atom is 0.158 e. The molecule has 0 saturated carbocycles. The summed E-state index contributed by atoms with van der Waals surface area (Å²) in [6.07, 6.45) is -1.36. The lowest BCUT2D eigenvalue weighted by Gasteiger charge is -2.26. The molecule has 2 aromatic carbocycles. The summed E-state index contributed by atoms with van der Waals surface area (Å²) in [6.45, 7) is 2.02. The molecule has 0 heterocycles. The van der Waals surface area contributed by atoms with Gasteiger partial charge in [-0.15, -0.1) is 0 Å². The molecule has 2 atom stereocenters. The highest BCUT2D eigenvalue weighted by atomic mass is 16.5. The van der Waals surface area contributed by atoms with Crippen molar-refractivity contribution in [2.24, 2.45) is 0 Å². The third-order valence-corrected chi connectivity index (χ3v) is 3.37. The van der Waals surface area contributed by atoms with Crippen LogP contribution in [0.3, 0.4) is 0 Å². The Hall–Kier alpha value is -1.64. The van der Waals surface area contributed by atoms with Crippen LogP contribution in [0.5, 0.6) is 0 Å². The highest BCUT2D eigenvalue weighted by Gasteiger charge is 2.26. The fourth-order valence-corrected chi connectivity index (χ4v) is 2.36. The normalized spacial score (nSPS) is 14.4. The highest BCUT2D eigenvalue weighted by molar-refractivity contribution is 5.28. The van der Waals surface area contributed by atoms with Crippen molar-refractivity contribution in [2.75, 3.05) is 0 Å². The molecule has 0 aromatic heterocycles. The lowest BCUT2D eigenvalue weighted by molar-refractivity contribution is -0.0651. The molecule has 0 aliphatic heterocycles. The van der Waals surface area contributed by atoms with Crippen molar-refractivity contribution in [1.29, 1.82) is 0 Å². The van der Waals surface area contributed by atoms with Crippen LogP contribution in [0, 0.1) is 0 Å². The van der Waals surface area contributed by atoms with Crippen molar-refractivity contribution in [3.05, 3.63) is 71.8 Å². The Morgan fingerprint density at radius 2 is 1.17 bits per heavy atom. The zero-order valence-corrected chi connectivity index (χ0v) is 10.4. The molecule has 2 aromatic rings. The van der Waals surface area contributed by atoms with Gasteiger partial charge in [-0.05, 0) is 17.0 Å². The van der Waals surface area contributed by atoms with E-state index in [0.29, 0.717) is 0 Å². The Kier molecular flexibility index (Phi) is 4.13. The fraction of sp³-hybridized carbons (Fsp3) is 0.250. The maximum absolute atomic E-state index is 9.65. The highest BCUT2D eigenvalue weighted by Crippen LogP contribution is 2.34. The third kappa shape index (κ3) is 2.78. The van der Waals surface area contributed by atoms with Crippen LogP contribution in [0.2, 0.25) is 0 Å². The average molecular weight is 242 g/mol. The molecule has 0 amide bonds. The van der Waals surface area contributed by atoms with Crippen molar-refractivity contribution in [1.82, 2.24) is 0 Å². The van der Waals surface area contributed by atoms with Gasteiger partial charge in [-0.3, -0.25) is 0 Å². The average Bonchev–Trinajstić information content (AvgIpc) is 2.40. The van der Waals surface area contributed by atoms with E-state index < -0.39 is 6.29 Å². The van der Waals surface area contributed by atoms with Gasteiger partial charge in [0.05, 0.1) is 0 Å². The molecule has 0 aliphatic carbocycles. The molecule has 2 unspecified atom stereocenters. The fourth-order valence-electron chi connectivity index (χ4n) is 2.36. The van der Waals surface area contributed by atoms with Gasteiger partial charge in [0.15, 0.2) is 6.29 Å². The molecule has 0 saturated heterocycles. The molecular weight excluding hydrogens is 224 g/mol. The smallest absolute Gasteiger partial charge is 0.158 e. The second kappa shape index (κ2) is 5.80. The largest absolute Gasteiger partial charge is 0.368 e. The van der Waals surface area contributed by atoms with Gasteiger partial charge >= 0.3 is 0 Å². The first-order chi connectivity index (χ1) is 8.70. The lowest BCUT2D eigenvalue weighted by Crippen LogP contribution is -2.23. The summed E-state index contributed by atoms with van der Waals surface area (Å²) in [6, 6.07) is 19.6. The first kappa shape index (κ1) is 12.8. The van der Waals surface area contributed by atoms with Crippen molar-refractivity contribution < 1.29 is 10.2 Å². The quantitative estimate of drug-likeness (QED) is 0.809. The summed E-state index contributed by atoms with van der Waals surface area (Å²) in [5, 5.41) is 19.3. The van der Waals surface area contributed by atoms with Crippen LogP contribution in [0.15, 0.2) is 60.7 Å². The van der Waals surface area contributed by atoms with Gasteiger partial charge in [0.1, 0.15) is 0 Å². The zero-order valence-electron chi connectivity index (χ0n) is 10.4. The molecule has 0 aliphatic rings. The van der Waals surface area contributed by atoms with Crippen LogP contribution in [0.25, 0.3) is 0 Å². The second-order valence-electron chi connectivity index (χ2n) is 4.55. The zero-order chi connectivity index (χ0) is 13.0. The van der Waals surface area contributed by atoms with E-state index in [1.54, 1.807) is 0 Å². The molecule has 2 nitrogen and oxygen atoms in total. The minimum atomic E-state index is -1.36. The first-order valence-corrected chi connectivity index (χ1v) is 6.16. The van der Waals surface area contributed by atoms with Gasteiger partial charge in [0, 0.05) is 5.92 Å². The second-order valence-corrected chi connectivity index (χ2v) is 4.55. The van der Waals surface area contributed by atoms with Gasteiger partial charge in [-0.25, -0.2) is 0 Å². The van der Waals surface area contributed by atoms with Crippen molar-refractivity contribution in [2.45, 2.75) is 25.0 Å². The Morgan fingerprint density at radius 3 is 1.61 bits per heavy atom. The van der Waals surface area contributed by atoms with E-state index in [-0.39, 0.29) is 11.8 Å². The summed E-state index contributed by atoms with van der Waals surface area (Å²) in [7, 11) is 0. The monoisotopic (exact) mass is 242 g/mol. The van der Waals surface area contributed by atoms with E-state index in [2.05, 4.69) is 0 Å². The number of rotatable bonds is 4. The number of benzene rings is 2. The molecule has 0 spiro atoms. The predicted molar refractivity (Wildman–Crippen MR) is 72.3 cm³/mol. The van der Waals surface area contributed by atoms with Gasteiger partial charge in [-0.2, -0.15) is 0 Å². The van der Waals surface area contributed by atoms with Gasteiger partial charge in [0.25, 0.3) is 0 Å². The summed E-state index contributed by atoms with van der Waals surface area (Å²) in [4.78, 5) is 0. The molecule has 0 bridgehead atoms. The molecule has 18 heavy (non-hydrogen) atoms. The van der Waals surface area contributed by atoms with E-state index in [1.165, 1.54) is 0 Å². The first-order valence-electron chi connectivity index (χ1n) is 6.16. The van der Waals surface area contributed by atoms with Gasteiger partial charge < -0.3 is 10.2 Å². The number of hydrogen-bond acceptors (Lipinski definition) is 2. The van der Waals surface area contributed by atoms with Gasteiger partial charge in [0.2, 0.25) is 0 Å². The minimum absolute atomic E-state index is 0.0496. The third-order valence-electron chi connectivity index (χ3n) is 3.37. The minimum Gasteiger partial charge on any atom is -0.368 e. The van der Waals surface area contributed by atoms with Crippen LogP contribution < -0.4 is 0 Å². The predicted octanol–water partition coefficient (Wildman–Crippen LogP) is 2.88. The summed E-state index contributed by atoms with van der Waals surface area (Å²) < 4.78 is 0.